The van der Waals surface area contributed by atoms with E-state index in [1.54, 1.807) is 7.11 Å². The van der Waals surface area contributed by atoms with E-state index in [4.69, 9.17) is 4.74 Å². The first-order valence-corrected chi connectivity index (χ1v) is 9.45. The van der Waals surface area contributed by atoms with Gasteiger partial charge >= 0.3 is 6.03 Å². The van der Waals surface area contributed by atoms with Crippen LogP contribution in [-0.4, -0.2) is 42.2 Å². The van der Waals surface area contributed by atoms with Crippen LogP contribution in [0.5, 0.6) is 5.75 Å². The zero-order valence-electron chi connectivity index (χ0n) is 14.9. The number of carbonyl (C=O) groups is 1. The third kappa shape index (κ3) is 3.32. The number of amides is 2. The number of urea groups is 1. The van der Waals surface area contributed by atoms with Gasteiger partial charge in [-0.15, -0.1) is 0 Å². The van der Waals surface area contributed by atoms with Crippen LogP contribution in [0, 0.1) is 0 Å². The van der Waals surface area contributed by atoms with Gasteiger partial charge in [-0.25, -0.2) is 4.79 Å². The fourth-order valence-electron chi connectivity index (χ4n) is 4.34. The van der Waals surface area contributed by atoms with Crippen molar-refractivity contribution in [2.24, 2.45) is 0 Å². The third-order valence-electron chi connectivity index (χ3n) is 5.75. The van der Waals surface area contributed by atoms with Crippen LogP contribution in [0.2, 0.25) is 0 Å². The maximum Gasteiger partial charge on any atom is 0.317 e. The van der Waals surface area contributed by atoms with Gasteiger partial charge in [0.05, 0.1) is 7.11 Å². The highest BCUT2D eigenvalue weighted by Gasteiger charge is 2.28. The van der Waals surface area contributed by atoms with E-state index in [2.05, 4.69) is 28.6 Å². The van der Waals surface area contributed by atoms with Crippen molar-refractivity contribution in [3.8, 4) is 5.75 Å². The van der Waals surface area contributed by atoms with Gasteiger partial charge in [0.2, 0.25) is 0 Å². The highest BCUT2D eigenvalue weighted by molar-refractivity contribution is 5.85. The van der Waals surface area contributed by atoms with Gasteiger partial charge < -0.3 is 19.9 Å². The molecule has 5 nitrogen and oxygen atoms in total. The molecule has 0 bridgehead atoms. The van der Waals surface area contributed by atoms with Gasteiger partial charge in [-0.1, -0.05) is 12.8 Å². The Kier molecular flexibility index (Phi) is 4.55. The molecular formula is C20H27N3O2. The van der Waals surface area contributed by atoms with Gasteiger partial charge in [0.15, 0.2) is 0 Å². The van der Waals surface area contributed by atoms with Crippen LogP contribution < -0.4 is 10.1 Å². The highest BCUT2D eigenvalue weighted by Crippen LogP contribution is 2.34. The van der Waals surface area contributed by atoms with Crippen molar-refractivity contribution in [3.05, 3.63) is 30.0 Å². The summed E-state index contributed by atoms with van der Waals surface area (Å²) in [6.07, 6.45) is 9.02. The molecule has 1 aliphatic heterocycles. The van der Waals surface area contributed by atoms with E-state index in [-0.39, 0.29) is 6.03 Å². The van der Waals surface area contributed by atoms with Crippen LogP contribution in [0.3, 0.4) is 0 Å². The van der Waals surface area contributed by atoms with Gasteiger partial charge in [-0.2, -0.15) is 0 Å². The zero-order chi connectivity index (χ0) is 17.2. The first-order chi connectivity index (χ1) is 12.2. The van der Waals surface area contributed by atoms with Crippen LogP contribution in [0.1, 0.15) is 50.0 Å². The van der Waals surface area contributed by atoms with E-state index < -0.39 is 0 Å². The fraction of sp³-hybridized carbons (Fsp3) is 0.550. The summed E-state index contributed by atoms with van der Waals surface area (Å²) in [5.74, 6) is 1.25. The molecule has 2 amide bonds. The first kappa shape index (κ1) is 16.3. The fourth-order valence-corrected chi connectivity index (χ4v) is 4.34. The van der Waals surface area contributed by atoms with E-state index in [1.807, 2.05) is 11.0 Å². The second kappa shape index (κ2) is 6.98. The van der Waals surface area contributed by atoms with Gasteiger partial charge in [0, 0.05) is 42.1 Å². The number of hydrogen-bond acceptors (Lipinski definition) is 2. The van der Waals surface area contributed by atoms with Crippen molar-refractivity contribution < 1.29 is 9.53 Å². The minimum absolute atomic E-state index is 0.119. The second-order valence-electron chi connectivity index (χ2n) is 7.37. The number of likely N-dealkylation sites (tertiary alicyclic amines) is 1. The molecule has 1 unspecified atom stereocenters. The van der Waals surface area contributed by atoms with Crippen LogP contribution in [0.25, 0.3) is 10.9 Å². The molecule has 0 radical (unpaired) electrons. The molecule has 1 atom stereocenters. The molecule has 0 spiro atoms. The van der Waals surface area contributed by atoms with Crippen LogP contribution in [-0.2, 0) is 0 Å². The summed E-state index contributed by atoms with van der Waals surface area (Å²) in [6, 6.07) is 6.63. The average Bonchev–Trinajstić information content (AvgIpc) is 3.30. The number of H-pyrrole nitrogens is 1. The Bertz CT molecular complexity index is 748. The number of aromatic nitrogens is 1. The van der Waals surface area contributed by atoms with Crippen molar-refractivity contribution in [2.45, 2.75) is 50.5 Å². The monoisotopic (exact) mass is 341 g/mol. The molecule has 134 valence electrons. The summed E-state index contributed by atoms with van der Waals surface area (Å²) in [6.45, 7) is 1.66. The van der Waals surface area contributed by atoms with Crippen LogP contribution in [0.15, 0.2) is 24.4 Å². The Morgan fingerprint density at radius 1 is 1.24 bits per heavy atom. The minimum Gasteiger partial charge on any atom is -0.497 e. The van der Waals surface area contributed by atoms with Gasteiger partial charge in [0.1, 0.15) is 5.75 Å². The molecule has 4 rings (SSSR count). The van der Waals surface area contributed by atoms with Gasteiger partial charge in [-0.05, 0) is 49.4 Å². The third-order valence-corrected chi connectivity index (χ3v) is 5.75. The van der Waals surface area contributed by atoms with Crippen molar-refractivity contribution in [2.75, 3.05) is 20.2 Å². The lowest BCUT2D eigenvalue weighted by Crippen LogP contribution is -2.47. The lowest BCUT2D eigenvalue weighted by atomic mass is 9.90. The van der Waals surface area contributed by atoms with E-state index >= 15 is 0 Å². The SMILES string of the molecule is COc1ccc2[nH]cc(C3CCCN(C(=O)NC4CCCC4)C3)c2c1. The van der Waals surface area contributed by atoms with Crippen molar-refractivity contribution in [1.29, 1.82) is 0 Å². The smallest absolute Gasteiger partial charge is 0.317 e. The molecule has 2 aromatic rings. The number of rotatable bonds is 3. The van der Waals surface area contributed by atoms with Crippen LogP contribution >= 0.6 is 0 Å². The standard InChI is InChI=1S/C20H27N3O2/c1-25-16-8-9-19-17(11-16)18(12-21-19)14-5-4-10-23(13-14)20(24)22-15-6-2-3-7-15/h8-9,11-12,14-15,21H,2-7,10,13H2,1H3,(H,22,24). The Balaban J connectivity index is 1.50. The van der Waals surface area contributed by atoms with E-state index in [0.717, 1.165) is 50.0 Å². The number of nitrogens with one attached hydrogen (secondary N) is 2. The molecule has 5 heteroatoms. The molecule has 1 aliphatic carbocycles. The number of carbonyl (C=O) groups excluding carboxylic acids is 1. The maximum absolute atomic E-state index is 12.6. The summed E-state index contributed by atoms with van der Waals surface area (Å²) < 4.78 is 5.38. The molecule has 1 saturated heterocycles. The predicted molar refractivity (Wildman–Crippen MR) is 99.2 cm³/mol. The van der Waals surface area contributed by atoms with E-state index in [1.165, 1.54) is 23.8 Å². The predicted octanol–water partition coefficient (Wildman–Crippen LogP) is 4.01. The Morgan fingerprint density at radius 2 is 2.08 bits per heavy atom. The zero-order valence-corrected chi connectivity index (χ0v) is 14.9. The first-order valence-electron chi connectivity index (χ1n) is 9.45. The van der Waals surface area contributed by atoms with Crippen molar-refractivity contribution >= 4 is 16.9 Å². The number of piperidine rings is 1. The summed E-state index contributed by atoms with van der Waals surface area (Å²) in [5, 5.41) is 4.44. The molecule has 2 fully saturated rings. The number of nitrogens with zero attached hydrogens (tertiary/aromatic N) is 1. The topological polar surface area (TPSA) is 57.4 Å². The molecule has 2 aliphatic rings. The molecule has 1 saturated carbocycles. The van der Waals surface area contributed by atoms with E-state index in [9.17, 15) is 4.79 Å². The molecule has 25 heavy (non-hydrogen) atoms. The summed E-state index contributed by atoms with van der Waals surface area (Å²) in [7, 11) is 1.70. The molecule has 2 N–H and O–H groups in total. The average molecular weight is 341 g/mol. The number of fused-ring (bicyclic) bond motifs is 1. The number of aromatic amines is 1. The lowest BCUT2D eigenvalue weighted by Gasteiger charge is -2.33. The summed E-state index contributed by atoms with van der Waals surface area (Å²) in [5.41, 5.74) is 2.43. The highest BCUT2D eigenvalue weighted by atomic mass is 16.5. The quantitative estimate of drug-likeness (QED) is 0.886. The molecule has 2 heterocycles. The number of methoxy groups -OCH3 is 1. The van der Waals surface area contributed by atoms with Gasteiger partial charge in [0.25, 0.3) is 0 Å². The second-order valence-corrected chi connectivity index (χ2v) is 7.37. The largest absolute Gasteiger partial charge is 0.497 e. The number of benzene rings is 1. The van der Waals surface area contributed by atoms with Crippen molar-refractivity contribution in [3.63, 3.8) is 0 Å². The van der Waals surface area contributed by atoms with Gasteiger partial charge in [-0.3, -0.25) is 0 Å². The van der Waals surface area contributed by atoms with E-state index in [0.29, 0.717) is 12.0 Å². The summed E-state index contributed by atoms with van der Waals surface area (Å²) in [4.78, 5) is 18.0. The van der Waals surface area contributed by atoms with Crippen LogP contribution in [0.4, 0.5) is 4.79 Å². The maximum atomic E-state index is 12.6. The molecular weight excluding hydrogens is 314 g/mol. The Hall–Kier alpha value is -2.17. The Labute approximate surface area is 148 Å². The molecule has 1 aromatic heterocycles. The van der Waals surface area contributed by atoms with Crippen molar-refractivity contribution in [1.82, 2.24) is 15.2 Å². The summed E-state index contributed by atoms with van der Waals surface area (Å²) >= 11 is 0. The molecule has 1 aromatic carbocycles. The number of hydrogen-bond donors (Lipinski definition) is 2. The normalized spacial score (nSPS) is 21.6. The lowest BCUT2D eigenvalue weighted by molar-refractivity contribution is 0.176. The Morgan fingerprint density at radius 3 is 2.88 bits per heavy atom. The number of ether oxygens (including phenoxy) is 1. The minimum atomic E-state index is 0.119.